The molecule has 1 aliphatic heterocycles. The van der Waals surface area contributed by atoms with Crippen molar-refractivity contribution in [1.82, 2.24) is 9.88 Å². The molecule has 0 bridgehead atoms. The van der Waals surface area contributed by atoms with Gasteiger partial charge in [0.05, 0.1) is 11.9 Å². The van der Waals surface area contributed by atoms with E-state index in [0.29, 0.717) is 12.1 Å². The van der Waals surface area contributed by atoms with Crippen molar-refractivity contribution in [2.75, 3.05) is 36.4 Å². The van der Waals surface area contributed by atoms with Gasteiger partial charge in [0.25, 0.3) is 0 Å². The van der Waals surface area contributed by atoms with Gasteiger partial charge in [-0.2, -0.15) is 0 Å². The van der Waals surface area contributed by atoms with Gasteiger partial charge < -0.3 is 15.1 Å². The molecule has 0 atom stereocenters. The summed E-state index contributed by atoms with van der Waals surface area (Å²) in [4.78, 5) is 31.9. The lowest BCUT2D eigenvalue weighted by atomic mass is 10.1. The van der Waals surface area contributed by atoms with Crippen molar-refractivity contribution in [3.8, 4) is 0 Å². The summed E-state index contributed by atoms with van der Waals surface area (Å²) in [7, 11) is 0. The first-order valence-electron chi connectivity index (χ1n) is 8.92. The molecule has 0 aliphatic carbocycles. The maximum atomic E-state index is 12.1. The molecule has 3 rings (SSSR count). The van der Waals surface area contributed by atoms with E-state index in [1.54, 1.807) is 13.1 Å². The largest absolute Gasteiger partial charge is 0.353 e. The van der Waals surface area contributed by atoms with Gasteiger partial charge in [-0.25, -0.2) is 4.98 Å². The third kappa shape index (κ3) is 4.81. The molecule has 1 aromatic heterocycles. The standard InChI is InChI=1S/C20H24N4O2/c1-16(25)23-11-13-24(14-12-23)19-9-8-18(15-21-19)22-20(26)10-7-17-5-3-2-4-6-17/h2-6,8-9,15H,7,10-14H2,1H3,(H,22,26). The number of carbonyl (C=O) groups excluding carboxylic acids is 2. The molecule has 1 fully saturated rings. The van der Waals surface area contributed by atoms with Crippen molar-refractivity contribution in [2.45, 2.75) is 19.8 Å². The molecule has 1 aliphatic rings. The number of rotatable bonds is 5. The number of hydrogen-bond donors (Lipinski definition) is 1. The fourth-order valence-corrected chi connectivity index (χ4v) is 3.02. The average Bonchev–Trinajstić information content (AvgIpc) is 2.68. The van der Waals surface area contributed by atoms with Crippen LogP contribution in [0.2, 0.25) is 0 Å². The van der Waals surface area contributed by atoms with E-state index >= 15 is 0 Å². The van der Waals surface area contributed by atoms with Gasteiger partial charge in [0.2, 0.25) is 11.8 Å². The molecule has 0 saturated carbocycles. The maximum absolute atomic E-state index is 12.1. The Morgan fingerprint density at radius 1 is 1.04 bits per heavy atom. The van der Waals surface area contributed by atoms with Crippen LogP contribution in [0.15, 0.2) is 48.7 Å². The van der Waals surface area contributed by atoms with Crippen molar-refractivity contribution in [3.05, 3.63) is 54.2 Å². The second-order valence-electron chi connectivity index (χ2n) is 6.43. The highest BCUT2D eigenvalue weighted by Crippen LogP contribution is 2.16. The van der Waals surface area contributed by atoms with Crippen LogP contribution in [0.1, 0.15) is 18.9 Å². The van der Waals surface area contributed by atoms with Gasteiger partial charge in [0.1, 0.15) is 5.82 Å². The highest BCUT2D eigenvalue weighted by molar-refractivity contribution is 5.90. The van der Waals surface area contributed by atoms with E-state index in [2.05, 4.69) is 15.2 Å². The van der Waals surface area contributed by atoms with Crippen LogP contribution in [-0.2, 0) is 16.0 Å². The normalized spacial score (nSPS) is 14.2. The lowest BCUT2D eigenvalue weighted by molar-refractivity contribution is -0.129. The highest BCUT2D eigenvalue weighted by atomic mass is 16.2. The van der Waals surface area contributed by atoms with E-state index in [4.69, 9.17) is 0 Å². The van der Waals surface area contributed by atoms with E-state index in [0.717, 1.165) is 44.0 Å². The van der Waals surface area contributed by atoms with Gasteiger partial charge in [-0.3, -0.25) is 9.59 Å². The van der Waals surface area contributed by atoms with E-state index in [-0.39, 0.29) is 11.8 Å². The molecule has 0 unspecified atom stereocenters. The van der Waals surface area contributed by atoms with Crippen molar-refractivity contribution in [2.24, 2.45) is 0 Å². The van der Waals surface area contributed by atoms with Gasteiger partial charge in [0.15, 0.2) is 0 Å². The molecule has 6 heteroatoms. The molecule has 2 aromatic rings. The van der Waals surface area contributed by atoms with Crippen LogP contribution in [-0.4, -0.2) is 47.9 Å². The molecule has 0 radical (unpaired) electrons. The van der Waals surface area contributed by atoms with Crippen LogP contribution >= 0.6 is 0 Å². The number of aryl methyl sites for hydroxylation is 1. The first kappa shape index (κ1) is 17.9. The Balaban J connectivity index is 1.48. The number of piperazine rings is 1. The summed E-state index contributed by atoms with van der Waals surface area (Å²) in [5.41, 5.74) is 1.86. The number of amides is 2. The molecular formula is C20H24N4O2. The van der Waals surface area contributed by atoms with E-state index in [9.17, 15) is 9.59 Å². The van der Waals surface area contributed by atoms with E-state index < -0.39 is 0 Å². The summed E-state index contributed by atoms with van der Waals surface area (Å²) < 4.78 is 0. The highest BCUT2D eigenvalue weighted by Gasteiger charge is 2.19. The number of nitrogens with zero attached hydrogens (tertiary/aromatic N) is 3. The minimum absolute atomic E-state index is 0.0153. The van der Waals surface area contributed by atoms with Gasteiger partial charge in [-0.1, -0.05) is 30.3 Å². The summed E-state index contributed by atoms with van der Waals surface area (Å²) >= 11 is 0. The Hall–Kier alpha value is -2.89. The Labute approximate surface area is 153 Å². The third-order valence-electron chi connectivity index (χ3n) is 4.56. The summed E-state index contributed by atoms with van der Waals surface area (Å²) in [5.74, 6) is 0.972. The molecule has 6 nitrogen and oxygen atoms in total. The minimum atomic E-state index is -0.0153. The van der Waals surface area contributed by atoms with Crippen LogP contribution in [0.3, 0.4) is 0 Å². The van der Waals surface area contributed by atoms with Crippen LogP contribution in [0.25, 0.3) is 0 Å². The van der Waals surface area contributed by atoms with Crippen molar-refractivity contribution < 1.29 is 9.59 Å². The molecule has 2 amide bonds. The number of pyridine rings is 1. The number of benzene rings is 1. The molecule has 26 heavy (non-hydrogen) atoms. The van der Waals surface area contributed by atoms with Crippen LogP contribution < -0.4 is 10.2 Å². The minimum Gasteiger partial charge on any atom is -0.353 e. The Morgan fingerprint density at radius 3 is 2.38 bits per heavy atom. The zero-order valence-electron chi connectivity index (χ0n) is 15.0. The Kier molecular flexibility index (Phi) is 5.84. The number of hydrogen-bond acceptors (Lipinski definition) is 4. The smallest absolute Gasteiger partial charge is 0.224 e. The van der Waals surface area contributed by atoms with Gasteiger partial charge in [-0.05, 0) is 24.1 Å². The molecular weight excluding hydrogens is 328 g/mol. The second-order valence-corrected chi connectivity index (χ2v) is 6.43. The van der Waals surface area contributed by atoms with Crippen LogP contribution in [0.5, 0.6) is 0 Å². The quantitative estimate of drug-likeness (QED) is 0.897. The maximum Gasteiger partial charge on any atom is 0.224 e. The molecule has 2 heterocycles. The molecule has 136 valence electrons. The van der Waals surface area contributed by atoms with Crippen molar-refractivity contribution in [3.63, 3.8) is 0 Å². The van der Waals surface area contributed by atoms with E-state index in [1.807, 2.05) is 47.4 Å². The van der Waals surface area contributed by atoms with Crippen molar-refractivity contribution in [1.29, 1.82) is 0 Å². The number of nitrogens with one attached hydrogen (secondary N) is 1. The van der Waals surface area contributed by atoms with Crippen molar-refractivity contribution >= 4 is 23.3 Å². The lowest BCUT2D eigenvalue weighted by Gasteiger charge is -2.34. The Morgan fingerprint density at radius 2 is 1.77 bits per heavy atom. The Bertz CT molecular complexity index is 738. The molecule has 1 aromatic carbocycles. The van der Waals surface area contributed by atoms with Gasteiger partial charge in [0, 0.05) is 39.5 Å². The fraction of sp³-hybridized carbons (Fsp3) is 0.350. The van der Waals surface area contributed by atoms with E-state index in [1.165, 1.54) is 0 Å². The lowest BCUT2D eigenvalue weighted by Crippen LogP contribution is -2.48. The summed E-state index contributed by atoms with van der Waals surface area (Å²) in [6.07, 6.45) is 2.85. The zero-order chi connectivity index (χ0) is 18.4. The monoisotopic (exact) mass is 352 g/mol. The summed E-state index contributed by atoms with van der Waals surface area (Å²) in [5, 5.41) is 2.89. The third-order valence-corrected chi connectivity index (χ3v) is 4.56. The van der Waals surface area contributed by atoms with Crippen LogP contribution in [0, 0.1) is 0 Å². The number of carbonyl (C=O) groups is 2. The topological polar surface area (TPSA) is 65.5 Å². The van der Waals surface area contributed by atoms with Crippen LogP contribution in [0.4, 0.5) is 11.5 Å². The molecule has 1 N–H and O–H groups in total. The SMILES string of the molecule is CC(=O)N1CCN(c2ccc(NC(=O)CCc3ccccc3)cn2)CC1. The average molecular weight is 352 g/mol. The first-order valence-corrected chi connectivity index (χ1v) is 8.92. The predicted octanol–water partition coefficient (Wildman–Crippen LogP) is 2.32. The number of aromatic nitrogens is 1. The summed E-state index contributed by atoms with van der Waals surface area (Å²) in [6.45, 7) is 4.58. The predicted molar refractivity (Wildman–Crippen MR) is 102 cm³/mol. The number of anilines is 2. The summed E-state index contributed by atoms with van der Waals surface area (Å²) in [6, 6.07) is 13.8. The second kappa shape index (κ2) is 8.47. The fourth-order valence-electron chi connectivity index (χ4n) is 3.02. The zero-order valence-corrected chi connectivity index (χ0v) is 15.0. The van der Waals surface area contributed by atoms with Gasteiger partial charge in [-0.15, -0.1) is 0 Å². The first-order chi connectivity index (χ1) is 12.6. The molecule has 1 saturated heterocycles. The molecule has 0 spiro atoms. The van der Waals surface area contributed by atoms with Gasteiger partial charge >= 0.3 is 0 Å².